The van der Waals surface area contributed by atoms with E-state index in [4.69, 9.17) is 5.73 Å². The van der Waals surface area contributed by atoms with Crippen LogP contribution in [0.15, 0.2) is 0 Å². The van der Waals surface area contributed by atoms with Crippen molar-refractivity contribution in [2.45, 2.75) is 51.7 Å². The van der Waals surface area contributed by atoms with E-state index in [0.29, 0.717) is 12.1 Å². The second kappa shape index (κ2) is 5.83. The number of piperidine rings is 1. The highest BCUT2D eigenvalue weighted by atomic mass is 16.2. The molecular formula is C13H27N3O. The van der Waals surface area contributed by atoms with E-state index in [0.717, 1.165) is 19.4 Å². The Labute approximate surface area is 105 Å². The zero-order valence-electron chi connectivity index (χ0n) is 11.8. The summed E-state index contributed by atoms with van der Waals surface area (Å²) in [7, 11) is 4.04. The maximum atomic E-state index is 12.2. The van der Waals surface area contributed by atoms with Gasteiger partial charge in [-0.3, -0.25) is 4.79 Å². The maximum absolute atomic E-state index is 12.2. The molecule has 1 aliphatic rings. The number of nitrogens with two attached hydrogens (primary N) is 1. The van der Waals surface area contributed by atoms with E-state index in [-0.39, 0.29) is 17.9 Å². The Morgan fingerprint density at radius 1 is 1.47 bits per heavy atom. The first-order valence-electron chi connectivity index (χ1n) is 6.57. The van der Waals surface area contributed by atoms with Crippen molar-refractivity contribution < 1.29 is 4.79 Å². The van der Waals surface area contributed by atoms with Gasteiger partial charge in [0.05, 0.1) is 6.04 Å². The zero-order valence-corrected chi connectivity index (χ0v) is 11.8. The van der Waals surface area contributed by atoms with Gasteiger partial charge in [0, 0.05) is 25.7 Å². The molecule has 0 saturated carbocycles. The predicted octanol–water partition coefficient (Wildman–Crippen LogP) is 0.911. The standard InChI is InChI=1S/C13H27N3O/c1-9(2)12(14)13(17)16(5)11-6-7-15(4)10(3)8-11/h9-12H,6-8,14H2,1-5H3/t10-,11+,12-/m0/s1. The van der Waals surface area contributed by atoms with Crippen LogP contribution in [0.4, 0.5) is 0 Å². The quantitative estimate of drug-likeness (QED) is 0.799. The van der Waals surface area contributed by atoms with Gasteiger partial charge in [-0.25, -0.2) is 0 Å². The number of hydrogen-bond acceptors (Lipinski definition) is 3. The van der Waals surface area contributed by atoms with Crippen molar-refractivity contribution in [1.29, 1.82) is 0 Å². The SMILES string of the molecule is CC(C)[C@H](N)C(=O)N(C)[C@@H]1CCN(C)[C@@H](C)C1. The van der Waals surface area contributed by atoms with Gasteiger partial charge in [0.1, 0.15) is 0 Å². The second-order valence-electron chi connectivity index (χ2n) is 5.73. The summed E-state index contributed by atoms with van der Waals surface area (Å²) in [5.41, 5.74) is 5.93. The van der Waals surface area contributed by atoms with E-state index < -0.39 is 0 Å². The Kier molecular flexibility index (Phi) is 4.95. The zero-order chi connectivity index (χ0) is 13.2. The van der Waals surface area contributed by atoms with Crippen LogP contribution in [0.1, 0.15) is 33.6 Å². The molecule has 1 fully saturated rings. The molecule has 4 nitrogen and oxygen atoms in total. The van der Waals surface area contributed by atoms with E-state index in [1.165, 1.54) is 0 Å². The van der Waals surface area contributed by atoms with Crippen molar-refractivity contribution in [2.75, 3.05) is 20.6 Å². The summed E-state index contributed by atoms with van der Waals surface area (Å²) in [5, 5.41) is 0. The van der Waals surface area contributed by atoms with Gasteiger partial charge in [-0.2, -0.15) is 0 Å². The molecule has 0 spiro atoms. The largest absolute Gasteiger partial charge is 0.341 e. The third-order valence-corrected chi connectivity index (χ3v) is 4.08. The van der Waals surface area contributed by atoms with Crippen LogP contribution in [0, 0.1) is 5.92 Å². The van der Waals surface area contributed by atoms with Crippen LogP contribution >= 0.6 is 0 Å². The van der Waals surface area contributed by atoms with Gasteiger partial charge in [-0.15, -0.1) is 0 Å². The molecule has 0 aromatic rings. The normalized spacial score (nSPS) is 28.2. The summed E-state index contributed by atoms with van der Waals surface area (Å²) in [6.45, 7) is 7.26. The summed E-state index contributed by atoms with van der Waals surface area (Å²) in [6, 6.07) is 0.521. The van der Waals surface area contributed by atoms with Crippen molar-refractivity contribution in [3.8, 4) is 0 Å². The van der Waals surface area contributed by atoms with Gasteiger partial charge < -0.3 is 15.5 Å². The van der Waals surface area contributed by atoms with Crippen molar-refractivity contribution in [2.24, 2.45) is 11.7 Å². The Hall–Kier alpha value is -0.610. The van der Waals surface area contributed by atoms with Crippen LogP contribution < -0.4 is 5.73 Å². The first kappa shape index (κ1) is 14.5. The molecule has 17 heavy (non-hydrogen) atoms. The summed E-state index contributed by atoms with van der Waals surface area (Å²) in [5.74, 6) is 0.287. The molecule has 0 aliphatic carbocycles. The summed E-state index contributed by atoms with van der Waals surface area (Å²) in [6.07, 6.45) is 2.09. The van der Waals surface area contributed by atoms with Crippen LogP contribution in [-0.4, -0.2) is 54.5 Å². The summed E-state index contributed by atoms with van der Waals surface area (Å²) < 4.78 is 0. The Bertz CT molecular complexity index is 267. The van der Waals surface area contributed by atoms with Crippen LogP contribution in [-0.2, 0) is 4.79 Å². The lowest BCUT2D eigenvalue weighted by molar-refractivity contribution is -0.135. The first-order valence-corrected chi connectivity index (χ1v) is 6.57. The van der Waals surface area contributed by atoms with Gasteiger partial charge >= 0.3 is 0 Å². The third kappa shape index (κ3) is 3.42. The van der Waals surface area contributed by atoms with E-state index in [2.05, 4.69) is 18.9 Å². The van der Waals surface area contributed by atoms with Gasteiger partial charge in [-0.05, 0) is 32.7 Å². The number of nitrogens with zero attached hydrogens (tertiary/aromatic N) is 2. The number of hydrogen-bond donors (Lipinski definition) is 1. The number of amides is 1. The fraction of sp³-hybridized carbons (Fsp3) is 0.923. The lowest BCUT2D eigenvalue weighted by Crippen LogP contribution is -2.53. The van der Waals surface area contributed by atoms with Gasteiger partial charge in [-0.1, -0.05) is 13.8 Å². The number of rotatable bonds is 3. The highest BCUT2D eigenvalue weighted by Crippen LogP contribution is 2.20. The van der Waals surface area contributed by atoms with Crippen molar-refractivity contribution >= 4 is 5.91 Å². The smallest absolute Gasteiger partial charge is 0.239 e. The van der Waals surface area contributed by atoms with Gasteiger partial charge in [0.15, 0.2) is 0 Å². The minimum absolute atomic E-state index is 0.0850. The van der Waals surface area contributed by atoms with E-state index in [1.54, 1.807) is 0 Å². The van der Waals surface area contributed by atoms with Gasteiger partial charge in [0.25, 0.3) is 0 Å². The molecule has 1 amide bonds. The molecule has 1 saturated heterocycles. The minimum Gasteiger partial charge on any atom is -0.341 e. The summed E-state index contributed by atoms with van der Waals surface area (Å²) in [4.78, 5) is 16.4. The van der Waals surface area contributed by atoms with Crippen molar-refractivity contribution in [3.05, 3.63) is 0 Å². The van der Waals surface area contributed by atoms with Gasteiger partial charge in [0.2, 0.25) is 5.91 Å². The summed E-state index contributed by atoms with van der Waals surface area (Å²) >= 11 is 0. The first-order chi connectivity index (χ1) is 7.84. The number of likely N-dealkylation sites (tertiary alicyclic amines) is 1. The number of likely N-dealkylation sites (N-methyl/N-ethyl adjacent to an activating group) is 1. The van der Waals surface area contributed by atoms with Crippen molar-refractivity contribution in [3.63, 3.8) is 0 Å². The molecule has 2 N–H and O–H groups in total. The number of carbonyl (C=O) groups is 1. The monoisotopic (exact) mass is 241 g/mol. The maximum Gasteiger partial charge on any atom is 0.239 e. The second-order valence-corrected chi connectivity index (χ2v) is 5.73. The Morgan fingerprint density at radius 3 is 2.53 bits per heavy atom. The fourth-order valence-corrected chi connectivity index (χ4v) is 2.32. The predicted molar refractivity (Wildman–Crippen MR) is 70.7 cm³/mol. The Morgan fingerprint density at radius 2 is 2.06 bits per heavy atom. The average molecular weight is 241 g/mol. The van der Waals surface area contributed by atoms with Crippen LogP contribution in [0.2, 0.25) is 0 Å². The molecule has 0 radical (unpaired) electrons. The van der Waals surface area contributed by atoms with Crippen LogP contribution in [0.25, 0.3) is 0 Å². The number of carbonyl (C=O) groups excluding carboxylic acids is 1. The topological polar surface area (TPSA) is 49.6 Å². The molecule has 1 heterocycles. The lowest BCUT2D eigenvalue weighted by atomic mass is 9.96. The lowest BCUT2D eigenvalue weighted by Gasteiger charge is -2.40. The minimum atomic E-state index is -0.366. The van der Waals surface area contributed by atoms with Crippen molar-refractivity contribution in [1.82, 2.24) is 9.80 Å². The highest BCUT2D eigenvalue weighted by molar-refractivity contribution is 5.82. The Balaban J connectivity index is 2.58. The molecule has 4 heteroatoms. The molecule has 1 aliphatic heterocycles. The molecule has 100 valence electrons. The fourth-order valence-electron chi connectivity index (χ4n) is 2.32. The third-order valence-electron chi connectivity index (χ3n) is 4.08. The van der Waals surface area contributed by atoms with E-state index >= 15 is 0 Å². The molecule has 3 atom stereocenters. The average Bonchev–Trinajstić information content (AvgIpc) is 2.29. The van der Waals surface area contributed by atoms with E-state index in [1.807, 2.05) is 25.8 Å². The molecule has 1 rings (SSSR count). The molecule has 0 bridgehead atoms. The highest BCUT2D eigenvalue weighted by Gasteiger charge is 2.30. The van der Waals surface area contributed by atoms with E-state index in [9.17, 15) is 4.79 Å². The molecule has 0 aromatic heterocycles. The molecule has 0 aromatic carbocycles. The van der Waals surface area contributed by atoms with Crippen LogP contribution in [0.5, 0.6) is 0 Å². The van der Waals surface area contributed by atoms with Crippen LogP contribution in [0.3, 0.4) is 0 Å². The molecule has 0 unspecified atom stereocenters. The molecular weight excluding hydrogens is 214 g/mol.